The summed E-state index contributed by atoms with van der Waals surface area (Å²) in [5.74, 6) is 0.0779. The van der Waals surface area contributed by atoms with Gasteiger partial charge in [0.25, 0.3) is 0 Å². The van der Waals surface area contributed by atoms with Crippen LogP contribution in [0.3, 0.4) is 0 Å². The van der Waals surface area contributed by atoms with Crippen LogP contribution < -0.4 is 16.2 Å². The lowest BCUT2D eigenvalue weighted by Gasteiger charge is -2.19. The van der Waals surface area contributed by atoms with Gasteiger partial charge >= 0.3 is 0 Å². The summed E-state index contributed by atoms with van der Waals surface area (Å²) in [6, 6.07) is 7.81. The number of halogens is 2. The molecule has 0 aliphatic carbocycles. The maximum absolute atomic E-state index is 13.4. The van der Waals surface area contributed by atoms with Gasteiger partial charge in [0.05, 0.1) is 0 Å². The van der Waals surface area contributed by atoms with E-state index in [0.29, 0.717) is 18.5 Å². The largest absolute Gasteiger partial charge is 0.346 e. The van der Waals surface area contributed by atoms with Crippen molar-refractivity contribution in [2.75, 3.05) is 20.1 Å². The van der Waals surface area contributed by atoms with E-state index in [1.54, 1.807) is 12.1 Å². The van der Waals surface area contributed by atoms with Crippen molar-refractivity contribution in [3.05, 3.63) is 35.6 Å². The van der Waals surface area contributed by atoms with Gasteiger partial charge in [0, 0.05) is 38.1 Å². The molecule has 2 fully saturated rings. The zero-order valence-corrected chi connectivity index (χ0v) is 17.6. The lowest BCUT2D eigenvalue weighted by Crippen LogP contribution is -2.34. The van der Waals surface area contributed by atoms with Crippen LogP contribution in [0, 0.1) is 5.82 Å². The first-order valence-corrected chi connectivity index (χ1v) is 10.4. The second kappa shape index (κ2) is 11.7. The highest BCUT2D eigenvalue weighted by Gasteiger charge is 2.24. The average Bonchev–Trinajstić information content (AvgIpc) is 3.33. The Morgan fingerprint density at radius 1 is 1.21 bits per heavy atom. The third-order valence-electron chi connectivity index (χ3n) is 5.79. The van der Waals surface area contributed by atoms with Crippen LogP contribution in [0.4, 0.5) is 4.39 Å². The average molecular weight is 413 g/mol. The number of carbonyl (C=O) groups excluding carboxylic acids is 1. The monoisotopic (exact) mass is 412 g/mol. The second-order valence-electron chi connectivity index (χ2n) is 7.99. The topological polar surface area (TPSA) is 56.4 Å². The highest BCUT2D eigenvalue weighted by atomic mass is 35.5. The molecular weight excluding hydrogens is 379 g/mol. The van der Waals surface area contributed by atoms with Crippen molar-refractivity contribution in [3.63, 3.8) is 0 Å². The predicted octanol–water partition coefficient (Wildman–Crippen LogP) is 3.32. The number of hydrogen-bond acceptors (Lipinski definition) is 4. The molecule has 28 heavy (non-hydrogen) atoms. The van der Waals surface area contributed by atoms with Crippen molar-refractivity contribution in [1.82, 2.24) is 21.1 Å². The van der Waals surface area contributed by atoms with E-state index in [-0.39, 0.29) is 30.2 Å². The van der Waals surface area contributed by atoms with Crippen molar-refractivity contribution < 1.29 is 9.18 Å². The normalized spacial score (nSPS) is 24.1. The van der Waals surface area contributed by atoms with Gasteiger partial charge in [-0.25, -0.2) is 4.39 Å². The fourth-order valence-corrected chi connectivity index (χ4v) is 4.09. The van der Waals surface area contributed by atoms with Gasteiger partial charge in [-0.1, -0.05) is 25.0 Å². The summed E-state index contributed by atoms with van der Waals surface area (Å²) in [4.78, 5) is 14.1. The summed E-state index contributed by atoms with van der Waals surface area (Å²) in [5, 5.41) is 3.39. The van der Waals surface area contributed by atoms with Crippen molar-refractivity contribution in [1.29, 1.82) is 0 Å². The van der Waals surface area contributed by atoms with Crippen LogP contribution in [0.25, 0.3) is 0 Å². The van der Waals surface area contributed by atoms with Gasteiger partial charge in [-0.2, -0.15) is 0 Å². The molecule has 3 atom stereocenters. The van der Waals surface area contributed by atoms with Gasteiger partial charge in [0.1, 0.15) is 5.82 Å². The van der Waals surface area contributed by atoms with Crippen LogP contribution in [0.15, 0.2) is 24.3 Å². The van der Waals surface area contributed by atoms with Gasteiger partial charge < -0.3 is 10.2 Å². The van der Waals surface area contributed by atoms with E-state index >= 15 is 0 Å². The van der Waals surface area contributed by atoms with Gasteiger partial charge in [-0.3, -0.25) is 15.6 Å². The summed E-state index contributed by atoms with van der Waals surface area (Å²) in [6.45, 7) is 1.89. The Kier molecular flexibility index (Phi) is 9.65. The molecule has 0 bridgehead atoms. The summed E-state index contributed by atoms with van der Waals surface area (Å²) in [6.07, 6.45) is 8.34. The summed E-state index contributed by atoms with van der Waals surface area (Å²) in [5.41, 5.74) is 7.62. The molecular formula is C21H34ClFN4O. The van der Waals surface area contributed by atoms with E-state index < -0.39 is 0 Å². The second-order valence-corrected chi connectivity index (χ2v) is 7.99. The molecule has 0 aromatic heterocycles. The van der Waals surface area contributed by atoms with Crippen LogP contribution in [-0.2, 0) is 4.79 Å². The Morgan fingerprint density at radius 2 is 2.07 bits per heavy atom. The molecule has 158 valence electrons. The lowest BCUT2D eigenvalue weighted by molar-refractivity contribution is -0.130. The Hall–Kier alpha value is -1.21. The molecule has 2 aliphatic rings. The molecule has 7 heteroatoms. The zero-order chi connectivity index (χ0) is 19.1. The predicted molar refractivity (Wildman–Crippen MR) is 113 cm³/mol. The molecule has 0 radical (unpaired) electrons. The quantitative estimate of drug-likeness (QED) is 0.544. The van der Waals surface area contributed by atoms with E-state index in [2.05, 4.69) is 16.2 Å². The van der Waals surface area contributed by atoms with Crippen molar-refractivity contribution in [2.45, 2.75) is 69.5 Å². The van der Waals surface area contributed by atoms with Gasteiger partial charge in [0.2, 0.25) is 5.91 Å². The fraction of sp³-hybridized carbons (Fsp3) is 0.667. The molecule has 3 N–H and O–H groups in total. The first kappa shape index (κ1) is 23.1. The molecule has 2 aliphatic heterocycles. The highest BCUT2D eigenvalue weighted by molar-refractivity contribution is 5.85. The lowest BCUT2D eigenvalue weighted by atomic mass is 9.99. The van der Waals surface area contributed by atoms with Crippen LogP contribution >= 0.6 is 12.4 Å². The Bertz CT molecular complexity index is 612. The van der Waals surface area contributed by atoms with Crippen LogP contribution in [0.5, 0.6) is 0 Å². The molecule has 3 unspecified atom stereocenters. The number of nitrogens with zero attached hydrogens (tertiary/aromatic N) is 1. The Balaban J connectivity index is 0.00000280. The Labute approximate surface area is 174 Å². The molecule has 1 aromatic carbocycles. The third kappa shape index (κ3) is 6.99. The molecule has 0 spiro atoms. The van der Waals surface area contributed by atoms with Gasteiger partial charge in [-0.05, 0) is 56.3 Å². The molecule has 0 saturated carbocycles. The summed E-state index contributed by atoms with van der Waals surface area (Å²) in [7, 11) is 1.92. The van der Waals surface area contributed by atoms with Gasteiger partial charge in [0.15, 0.2) is 0 Å². The van der Waals surface area contributed by atoms with Crippen LogP contribution in [-0.4, -0.2) is 43.0 Å². The van der Waals surface area contributed by atoms with Crippen LogP contribution in [0.2, 0.25) is 0 Å². The number of unbranched alkanes of at least 4 members (excludes halogenated alkanes) is 2. The van der Waals surface area contributed by atoms with Crippen molar-refractivity contribution in [2.24, 2.45) is 0 Å². The number of hydrogen-bond donors (Lipinski definition) is 3. The maximum Gasteiger partial charge on any atom is 0.223 e. The maximum atomic E-state index is 13.4. The first-order chi connectivity index (χ1) is 13.1. The molecule has 1 aromatic rings. The van der Waals surface area contributed by atoms with Gasteiger partial charge in [-0.15, -0.1) is 12.4 Å². The van der Waals surface area contributed by atoms with Crippen LogP contribution in [0.1, 0.15) is 63.0 Å². The molecule has 5 nitrogen and oxygen atoms in total. The van der Waals surface area contributed by atoms with E-state index in [9.17, 15) is 9.18 Å². The van der Waals surface area contributed by atoms with E-state index in [1.165, 1.54) is 12.5 Å². The number of carbonyl (C=O) groups is 1. The fourth-order valence-electron chi connectivity index (χ4n) is 4.09. The Morgan fingerprint density at radius 3 is 2.82 bits per heavy atom. The number of amides is 1. The number of rotatable bonds is 9. The van der Waals surface area contributed by atoms with E-state index in [0.717, 1.165) is 57.2 Å². The SMILES string of the molecule is CN(CCCCCC1CC(c2cccc(F)c2)NN1)C(=O)CC1CCCN1.Cl. The minimum Gasteiger partial charge on any atom is -0.346 e. The summed E-state index contributed by atoms with van der Waals surface area (Å²) < 4.78 is 13.4. The minimum atomic E-state index is -0.180. The van der Waals surface area contributed by atoms with Crippen molar-refractivity contribution in [3.8, 4) is 0 Å². The number of benzene rings is 1. The first-order valence-electron chi connectivity index (χ1n) is 10.4. The minimum absolute atomic E-state index is 0. The molecule has 2 saturated heterocycles. The van der Waals surface area contributed by atoms with Crippen molar-refractivity contribution >= 4 is 18.3 Å². The molecule has 3 rings (SSSR count). The number of hydrazine groups is 1. The smallest absolute Gasteiger partial charge is 0.223 e. The number of nitrogens with one attached hydrogen (secondary N) is 3. The third-order valence-corrected chi connectivity index (χ3v) is 5.79. The van der Waals surface area contributed by atoms with E-state index in [1.807, 2.05) is 18.0 Å². The standard InChI is InChI=1S/C21H33FN4O.ClH/c1-26(21(27)15-18-10-6-11-23-18)12-4-2-3-9-19-14-20(25-24-19)16-7-5-8-17(22)13-16;/h5,7-8,13,18-20,23-25H,2-4,6,9-12,14-15H2,1H3;1H. The molecule has 2 heterocycles. The highest BCUT2D eigenvalue weighted by Crippen LogP contribution is 2.25. The van der Waals surface area contributed by atoms with E-state index in [4.69, 9.17) is 0 Å². The molecule has 1 amide bonds. The summed E-state index contributed by atoms with van der Waals surface area (Å²) >= 11 is 0. The zero-order valence-electron chi connectivity index (χ0n) is 16.8.